The van der Waals surface area contributed by atoms with Gasteiger partial charge < -0.3 is 10.4 Å². The molecule has 0 atom stereocenters. The van der Waals surface area contributed by atoms with Gasteiger partial charge in [0, 0.05) is 5.69 Å². The standard InChI is InChI=1S/C17H12FNO2/c18-14-6-3-7-15(20)16(14)17(21)19-13-9-8-11-4-1-2-5-12(11)10-13/h1-10,20H,(H,19,21). The molecule has 0 bridgehead atoms. The van der Waals surface area contributed by atoms with Crippen LogP contribution in [0.5, 0.6) is 5.75 Å². The third-order valence-electron chi connectivity index (χ3n) is 3.23. The van der Waals surface area contributed by atoms with Crippen LogP contribution in [0, 0.1) is 5.82 Å². The molecule has 2 N–H and O–H groups in total. The van der Waals surface area contributed by atoms with Crippen molar-refractivity contribution in [2.75, 3.05) is 5.32 Å². The lowest BCUT2D eigenvalue weighted by atomic mass is 10.1. The van der Waals surface area contributed by atoms with Gasteiger partial charge in [0.25, 0.3) is 5.91 Å². The molecular weight excluding hydrogens is 269 g/mol. The molecule has 0 saturated heterocycles. The van der Waals surface area contributed by atoms with Crippen molar-refractivity contribution < 1.29 is 14.3 Å². The summed E-state index contributed by atoms with van der Waals surface area (Å²) in [4.78, 5) is 12.1. The molecule has 3 rings (SSSR count). The zero-order valence-corrected chi connectivity index (χ0v) is 11.0. The fraction of sp³-hybridized carbons (Fsp3) is 0. The molecule has 0 saturated carbocycles. The van der Waals surface area contributed by atoms with Gasteiger partial charge in [-0.1, -0.05) is 36.4 Å². The molecule has 4 heteroatoms. The molecule has 0 fully saturated rings. The van der Waals surface area contributed by atoms with E-state index in [1.165, 1.54) is 12.1 Å². The van der Waals surface area contributed by atoms with Crippen molar-refractivity contribution in [3.05, 3.63) is 72.0 Å². The van der Waals surface area contributed by atoms with E-state index in [4.69, 9.17) is 0 Å². The maximum absolute atomic E-state index is 13.6. The van der Waals surface area contributed by atoms with E-state index in [1.807, 2.05) is 30.3 Å². The van der Waals surface area contributed by atoms with E-state index in [0.29, 0.717) is 5.69 Å². The average Bonchev–Trinajstić information content (AvgIpc) is 2.47. The van der Waals surface area contributed by atoms with Crippen LogP contribution in [-0.4, -0.2) is 11.0 Å². The predicted molar refractivity (Wildman–Crippen MR) is 80.0 cm³/mol. The van der Waals surface area contributed by atoms with Gasteiger partial charge >= 0.3 is 0 Å². The number of halogens is 1. The van der Waals surface area contributed by atoms with Crippen LogP contribution in [0.25, 0.3) is 10.8 Å². The van der Waals surface area contributed by atoms with Crippen molar-refractivity contribution in [1.82, 2.24) is 0 Å². The first-order chi connectivity index (χ1) is 10.1. The van der Waals surface area contributed by atoms with Gasteiger partial charge in [-0.15, -0.1) is 0 Å². The lowest BCUT2D eigenvalue weighted by Crippen LogP contribution is -2.13. The van der Waals surface area contributed by atoms with E-state index < -0.39 is 11.7 Å². The maximum atomic E-state index is 13.6. The van der Waals surface area contributed by atoms with Crippen LogP contribution < -0.4 is 5.32 Å². The number of anilines is 1. The number of nitrogens with one attached hydrogen (secondary N) is 1. The van der Waals surface area contributed by atoms with Crippen molar-refractivity contribution in [2.45, 2.75) is 0 Å². The van der Waals surface area contributed by atoms with Crippen LogP contribution in [-0.2, 0) is 0 Å². The third kappa shape index (κ3) is 2.56. The summed E-state index contributed by atoms with van der Waals surface area (Å²) in [5, 5.41) is 14.2. The van der Waals surface area contributed by atoms with Crippen LogP contribution in [0.15, 0.2) is 60.7 Å². The SMILES string of the molecule is O=C(Nc1ccc2ccccc2c1)c1c(O)cccc1F. The Morgan fingerprint density at radius 1 is 0.952 bits per heavy atom. The van der Waals surface area contributed by atoms with Crippen molar-refractivity contribution in [1.29, 1.82) is 0 Å². The fourth-order valence-corrected chi connectivity index (χ4v) is 2.20. The molecule has 0 radical (unpaired) electrons. The Balaban J connectivity index is 1.93. The van der Waals surface area contributed by atoms with Crippen LogP contribution in [0.4, 0.5) is 10.1 Å². The second-order valence-electron chi connectivity index (χ2n) is 4.65. The van der Waals surface area contributed by atoms with E-state index >= 15 is 0 Å². The number of carbonyl (C=O) groups excluding carboxylic acids is 1. The molecule has 3 aromatic carbocycles. The lowest BCUT2D eigenvalue weighted by Gasteiger charge is -2.08. The number of phenolic OH excluding ortho intramolecular Hbond substituents is 1. The van der Waals surface area contributed by atoms with Crippen molar-refractivity contribution in [3.8, 4) is 5.75 Å². The number of hydrogen-bond donors (Lipinski definition) is 2. The summed E-state index contributed by atoms with van der Waals surface area (Å²) < 4.78 is 13.6. The van der Waals surface area contributed by atoms with Crippen molar-refractivity contribution >= 4 is 22.4 Å². The first kappa shape index (κ1) is 13.1. The molecule has 0 heterocycles. The van der Waals surface area contributed by atoms with Crippen LogP contribution >= 0.6 is 0 Å². The molecule has 0 unspecified atom stereocenters. The van der Waals surface area contributed by atoms with Gasteiger partial charge in [0.2, 0.25) is 0 Å². The quantitative estimate of drug-likeness (QED) is 0.747. The second-order valence-corrected chi connectivity index (χ2v) is 4.65. The van der Waals surface area contributed by atoms with Crippen molar-refractivity contribution in [3.63, 3.8) is 0 Å². The van der Waals surface area contributed by atoms with Crippen LogP contribution in [0.1, 0.15) is 10.4 Å². The first-order valence-corrected chi connectivity index (χ1v) is 6.43. The summed E-state index contributed by atoms with van der Waals surface area (Å²) in [7, 11) is 0. The highest BCUT2D eigenvalue weighted by Crippen LogP contribution is 2.23. The number of phenols is 1. The first-order valence-electron chi connectivity index (χ1n) is 6.43. The second kappa shape index (κ2) is 5.25. The van der Waals surface area contributed by atoms with E-state index in [0.717, 1.165) is 16.8 Å². The Labute approximate surface area is 120 Å². The maximum Gasteiger partial charge on any atom is 0.262 e. The summed E-state index contributed by atoms with van der Waals surface area (Å²) in [5.74, 6) is -1.82. The fourth-order valence-electron chi connectivity index (χ4n) is 2.20. The largest absolute Gasteiger partial charge is 0.507 e. The molecule has 0 spiro atoms. The number of aromatic hydroxyl groups is 1. The normalized spacial score (nSPS) is 10.5. The molecule has 21 heavy (non-hydrogen) atoms. The van der Waals surface area contributed by atoms with E-state index in [9.17, 15) is 14.3 Å². The smallest absolute Gasteiger partial charge is 0.262 e. The van der Waals surface area contributed by atoms with Crippen LogP contribution in [0.2, 0.25) is 0 Å². The average molecular weight is 281 g/mol. The summed E-state index contributed by atoms with van der Waals surface area (Å²) in [5.41, 5.74) is 0.187. The Morgan fingerprint density at radius 2 is 1.71 bits per heavy atom. The lowest BCUT2D eigenvalue weighted by molar-refractivity contribution is 0.102. The minimum absolute atomic E-state index is 0.356. The molecular formula is C17H12FNO2. The molecule has 3 nitrogen and oxygen atoms in total. The predicted octanol–water partition coefficient (Wildman–Crippen LogP) is 3.94. The number of fused-ring (bicyclic) bond motifs is 1. The highest BCUT2D eigenvalue weighted by atomic mass is 19.1. The van der Waals surface area contributed by atoms with Gasteiger partial charge in [-0.05, 0) is 35.0 Å². The zero-order chi connectivity index (χ0) is 14.8. The molecule has 0 aliphatic rings. The summed E-state index contributed by atoms with van der Waals surface area (Å²) >= 11 is 0. The number of benzene rings is 3. The van der Waals surface area contributed by atoms with Gasteiger partial charge in [0.15, 0.2) is 0 Å². The Morgan fingerprint density at radius 3 is 2.48 bits per heavy atom. The molecule has 3 aromatic rings. The number of carbonyl (C=O) groups is 1. The highest BCUT2D eigenvalue weighted by molar-refractivity contribution is 6.07. The Kier molecular flexibility index (Phi) is 3.28. The zero-order valence-electron chi connectivity index (χ0n) is 11.0. The third-order valence-corrected chi connectivity index (χ3v) is 3.23. The topological polar surface area (TPSA) is 49.3 Å². The monoisotopic (exact) mass is 281 g/mol. The van der Waals surface area contributed by atoms with Gasteiger partial charge in [-0.3, -0.25) is 4.79 Å². The molecule has 0 aliphatic carbocycles. The van der Waals surface area contributed by atoms with E-state index in [2.05, 4.69) is 5.32 Å². The molecule has 0 aliphatic heterocycles. The number of hydrogen-bond acceptors (Lipinski definition) is 2. The minimum atomic E-state index is -0.756. The Hall–Kier alpha value is -2.88. The summed E-state index contributed by atoms with van der Waals surface area (Å²) in [6, 6.07) is 16.9. The Bertz CT molecular complexity index is 810. The molecule has 1 amide bonds. The molecule has 0 aromatic heterocycles. The van der Waals surface area contributed by atoms with Gasteiger partial charge in [-0.2, -0.15) is 0 Å². The number of rotatable bonds is 2. The number of amides is 1. The van der Waals surface area contributed by atoms with Gasteiger partial charge in [-0.25, -0.2) is 4.39 Å². The van der Waals surface area contributed by atoms with E-state index in [1.54, 1.807) is 12.1 Å². The highest BCUT2D eigenvalue weighted by Gasteiger charge is 2.16. The van der Waals surface area contributed by atoms with Crippen LogP contribution in [0.3, 0.4) is 0 Å². The summed E-state index contributed by atoms with van der Waals surface area (Å²) in [6.07, 6.45) is 0. The van der Waals surface area contributed by atoms with Crippen molar-refractivity contribution in [2.24, 2.45) is 0 Å². The molecule has 104 valence electrons. The van der Waals surface area contributed by atoms with Gasteiger partial charge in [0.05, 0.1) is 0 Å². The van der Waals surface area contributed by atoms with Gasteiger partial charge in [0.1, 0.15) is 17.1 Å². The van der Waals surface area contributed by atoms with E-state index in [-0.39, 0.29) is 11.3 Å². The minimum Gasteiger partial charge on any atom is -0.507 e. The summed E-state index contributed by atoms with van der Waals surface area (Å²) in [6.45, 7) is 0.